The standard InChI is InChI=1S/C12H17BrN4O2/c1-16-4-2-9(3-5-16)7-14-12-11(17(18)19)6-10(13)8-15-12/h6,8-9H,2-5,7H2,1H3,(H,14,15). The number of aromatic nitrogens is 1. The van der Waals surface area contributed by atoms with Crippen LogP contribution in [0.4, 0.5) is 11.5 Å². The van der Waals surface area contributed by atoms with E-state index in [9.17, 15) is 10.1 Å². The molecule has 0 aliphatic carbocycles. The fourth-order valence-corrected chi connectivity index (χ4v) is 2.53. The average molecular weight is 329 g/mol. The lowest BCUT2D eigenvalue weighted by Crippen LogP contribution is -2.33. The van der Waals surface area contributed by atoms with Crippen LogP contribution in [0.3, 0.4) is 0 Å². The van der Waals surface area contributed by atoms with Gasteiger partial charge in [0.15, 0.2) is 0 Å². The fraction of sp³-hybridized carbons (Fsp3) is 0.583. The summed E-state index contributed by atoms with van der Waals surface area (Å²) >= 11 is 3.20. The highest BCUT2D eigenvalue weighted by Crippen LogP contribution is 2.26. The van der Waals surface area contributed by atoms with E-state index in [0.717, 1.165) is 32.5 Å². The number of hydrogen-bond acceptors (Lipinski definition) is 5. The summed E-state index contributed by atoms with van der Waals surface area (Å²) in [6.45, 7) is 2.91. The van der Waals surface area contributed by atoms with Crippen LogP contribution < -0.4 is 5.32 Å². The summed E-state index contributed by atoms with van der Waals surface area (Å²) < 4.78 is 0.615. The van der Waals surface area contributed by atoms with Crippen molar-refractivity contribution in [1.29, 1.82) is 0 Å². The van der Waals surface area contributed by atoms with Crippen molar-refractivity contribution >= 4 is 27.4 Å². The lowest BCUT2D eigenvalue weighted by atomic mass is 9.97. The molecule has 7 heteroatoms. The molecule has 6 nitrogen and oxygen atoms in total. The molecule has 0 unspecified atom stereocenters. The molecule has 1 N–H and O–H groups in total. The predicted molar refractivity (Wildman–Crippen MR) is 77.3 cm³/mol. The smallest absolute Gasteiger partial charge is 0.312 e. The van der Waals surface area contributed by atoms with E-state index in [2.05, 4.69) is 38.2 Å². The van der Waals surface area contributed by atoms with Crippen LogP contribution in [0.25, 0.3) is 0 Å². The van der Waals surface area contributed by atoms with Gasteiger partial charge >= 0.3 is 5.69 Å². The van der Waals surface area contributed by atoms with Gasteiger partial charge in [-0.25, -0.2) is 4.98 Å². The molecule has 0 saturated carbocycles. The number of nitro groups is 1. The number of anilines is 1. The van der Waals surface area contributed by atoms with Crippen molar-refractivity contribution < 1.29 is 4.92 Å². The molecule has 0 radical (unpaired) electrons. The minimum atomic E-state index is -0.408. The molecule has 0 aromatic carbocycles. The zero-order valence-corrected chi connectivity index (χ0v) is 12.4. The minimum absolute atomic E-state index is 0.0160. The molecule has 0 bridgehead atoms. The van der Waals surface area contributed by atoms with Crippen molar-refractivity contribution in [3.05, 3.63) is 26.9 Å². The van der Waals surface area contributed by atoms with Crippen LogP contribution >= 0.6 is 15.9 Å². The number of pyridine rings is 1. The molecule has 104 valence electrons. The van der Waals surface area contributed by atoms with Crippen LogP contribution in [0.1, 0.15) is 12.8 Å². The fourth-order valence-electron chi connectivity index (χ4n) is 2.21. The van der Waals surface area contributed by atoms with Gasteiger partial charge in [0.2, 0.25) is 5.82 Å². The second-order valence-corrected chi connectivity index (χ2v) is 5.82. The molecular weight excluding hydrogens is 312 g/mol. The van der Waals surface area contributed by atoms with Crippen molar-refractivity contribution in [2.24, 2.45) is 5.92 Å². The summed E-state index contributed by atoms with van der Waals surface area (Å²) in [5, 5.41) is 14.1. The number of hydrogen-bond donors (Lipinski definition) is 1. The molecule has 2 rings (SSSR count). The van der Waals surface area contributed by atoms with Crippen molar-refractivity contribution in [3.63, 3.8) is 0 Å². The summed E-state index contributed by atoms with van der Waals surface area (Å²) in [6, 6.07) is 1.48. The van der Waals surface area contributed by atoms with Crippen molar-refractivity contribution in [2.75, 3.05) is 32.0 Å². The van der Waals surface area contributed by atoms with Gasteiger partial charge in [0.1, 0.15) is 0 Å². The van der Waals surface area contributed by atoms with Crippen LogP contribution in [0.15, 0.2) is 16.7 Å². The third-order valence-corrected chi connectivity index (χ3v) is 3.86. The number of halogens is 1. The second kappa shape index (κ2) is 6.29. The van der Waals surface area contributed by atoms with E-state index in [4.69, 9.17) is 0 Å². The Balaban J connectivity index is 1.97. The highest BCUT2D eigenvalue weighted by molar-refractivity contribution is 9.10. The second-order valence-electron chi connectivity index (χ2n) is 4.91. The Hall–Kier alpha value is -1.21. The maximum absolute atomic E-state index is 11.0. The van der Waals surface area contributed by atoms with Crippen LogP contribution in [0, 0.1) is 16.0 Å². The number of nitrogens with zero attached hydrogens (tertiary/aromatic N) is 3. The zero-order valence-electron chi connectivity index (χ0n) is 10.8. The Morgan fingerprint density at radius 1 is 1.58 bits per heavy atom. The third-order valence-electron chi connectivity index (χ3n) is 3.43. The van der Waals surface area contributed by atoms with E-state index in [1.165, 1.54) is 6.07 Å². The van der Waals surface area contributed by atoms with E-state index in [-0.39, 0.29) is 5.69 Å². The monoisotopic (exact) mass is 328 g/mol. The molecular formula is C12H17BrN4O2. The maximum Gasteiger partial charge on any atom is 0.312 e. The molecule has 1 aliphatic heterocycles. The molecule has 0 atom stereocenters. The number of nitrogens with one attached hydrogen (secondary N) is 1. The largest absolute Gasteiger partial charge is 0.364 e. The normalized spacial score (nSPS) is 17.4. The Bertz CT molecular complexity index is 461. The maximum atomic E-state index is 11.0. The topological polar surface area (TPSA) is 71.3 Å². The summed E-state index contributed by atoms with van der Waals surface area (Å²) in [5.41, 5.74) is 0.0160. The predicted octanol–water partition coefficient (Wildman–Crippen LogP) is 2.51. The first-order chi connectivity index (χ1) is 9.06. The minimum Gasteiger partial charge on any atom is -0.364 e. The third kappa shape index (κ3) is 3.87. The molecule has 0 amide bonds. The lowest BCUT2D eigenvalue weighted by Gasteiger charge is -2.28. The first-order valence-electron chi connectivity index (χ1n) is 6.28. The van der Waals surface area contributed by atoms with Gasteiger partial charge in [-0.3, -0.25) is 10.1 Å². The van der Waals surface area contributed by atoms with Crippen molar-refractivity contribution in [3.8, 4) is 0 Å². The van der Waals surface area contributed by atoms with E-state index in [0.29, 0.717) is 16.2 Å². The molecule has 19 heavy (non-hydrogen) atoms. The first-order valence-corrected chi connectivity index (χ1v) is 7.08. The SMILES string of the molecule is CN1CCC(CNc2ncc(Br)cc2[N+](=O)[O-])CC1. The molecule has 0 spiro atoms. The van der Waals surface area contributed by atoms with Crippen LogP contribution in [0.2, 0.25) is 0 Å². The van der Waals surface area contributed by atoms with Gasteiger partial charge in [-0.15, -0.1) is 0 Å². The van der Waals surface area contributed by atoms with Gasteiger partial charge in [-0.2, -0.15) is 0 Å². The molecule has 1 aliphatic rings. The van der Waals surface area contributed by atoms with E-state index < -0.39 is 4.92 Å². The van der Waals surface area contributed by atoms with Crippen molar-refractivity contribution in [1.82, 2.24) is 9.88 Å². The molecule has 1 saturated heterocycles. The van der Waals surface area contributed by atoms with Gasteiger partial charge in [0.25, 0.3) is 0 Å². The summed E-state index contributed by atoms with van der Waals surface area (Å²) in [6.07, 6.45) is 3.81. The van der Waals surface area contributed by atoms with Crippen LogP contribution in [-0.4, -0.2) is 41.5 Å². The Morgan fingerprint density at radius 2 is 2.26 bits per heavy atom. The Labute approximate surface area is 120 Å². The lowest BCUT2D eigenvalue weighted by molar-refractivity contribution is -0.384. The quantitative estimate of drug-likeness (QED) is 0.679. The van der Waals surface area contributed by atoms with Crippen LogP contribution in [-0.2, 0) is 0 Å². The number of piperidine rings is 1. The molecule has 1 fully saturated rings. The molecule has 2 heterocycles. The summed E-state index contributed by atoms with van der Waals surface area (Å²) in [5.74, 6) is 0.911. The summed E-state index contributed by atoms with van der Waals surface area (Å²) in [7, 11) is 2.12. The van der Waals surface area contributed by atoms with Gasteiger partial charge in [0, 0.05) is 23.3 Å². The van der Waals surface area contributed by atoms with Crippen LogP contribution in [0.5, 0.6) is 0 Å². The molecule has 1 aromatic heterocycles. The highest BCUT2D eigenvalue weighted by Gasteiger charge is 2.19. The van der Waals surface area contributed by atoms with Gasteiger partial charge in [-0.1, -0.05) is 0 Å². The van der Waals surface area contributed by atoms with Gasteiger partial charge in [-0.05, 0) is 54.8 Å². The Morgan fingerprint density at radius 3 is 2.89 bits per heavy atom. The van der Waals surface area contributed by atoms with Crippen molar-refractivity contribution in [2.45, 2.75) is 12.8 Å². The number of likely N-dealkylation sites (tertiary alicyclic amines) is 1. The molecule has 1 aromatic rings. The van der Waals surface area contributed by atoms with E-state index in [1.807, 2.05) is 0 Å². The Kier molecular flexibility index (Phi) is 4.71. The zero-order chi connectivity index (χ0) is 13.8. The average Bonchev–Trinajstić information content (AvgIpc) is 2.39. The van der Waals surface area contributed by atoms with E-state index >= 15 is 0 Å². The van der Waals surface area contributed by atoms with Gasteiger partial charge in [0.05, 0.1) is 4.92 Å². The summed E-state index contributed by atoms with van der Waals surface area (Å²) in [4.78, 5) is 16.9. The highest BCUT2D eigenvalue weighted by atomic mass is 79.9. The van der Waals surface area contributed by atoms with E-state index in [1.54, 1.807) is 6.20 Å². The number of rotatable bonds is 4. The first kappa shape index (κ1) is 14.2. The van der Waals surface area contributed by atoms with Gasteiger partial charge < -0.3 is 10.2 Å².